The van der Waals surface area contributed by atoms with E-state index in [2.05, 4.69) is 20.6 Å². The van der Waals surface area contributed by atoms with Crippen LogP contribution in [-0.4, -0.2) is 75.4 Å². The van der Waals surface area contributed by atoms with E-state index in [1.165, 1.54) is 11.2 Å². The average molecular weight is 366 g/mol. The van der Waals surface area contributed by atoms with Crippen LogP contribution in [-0.2, 0) is 25.6 Å². The van der Waals surface area contributed by atoms with Crippen molar-refractivity contribution in [3.8, 4) is 0 Å². The molecule has 1 saturated heterocycles. The summed E-state index contributed by atoms with van der Waals surface area (Å²) in [6, 6.07) is -1.50. The molecule has 2 unspecified atom stereocenters. The maximum atomic E-state index is 12.5. The zero-order valence-electron chi connectivity index (χ0n) is 14.1. The predicted molar refractivity (Wildman–Crippen MR) is 88.7 cm³/mol. The lowest BCUT2D eigenvalue weighted by Gasteiger charge is -2.26. The van der Waals surface area contributed by atoms with Gasteiger partial charge in [-0.3, -0.25) is 19.2 Å². The number of rotatable bonds is 8. The number of amides is 3. The van der Waals surface area contributed by atoms with Gasteiger partial charge in [0.15, 0.2) is 0 Å². The van der Waals surface area contributed by atoms with Crippen molar-refractivity contribution in [1.29, 1.82) is 0 Å². The first kappa shape index (κ1) is 19.4. The number of aromatic amines is 1. The molecule has 0 bridgehead atoms. The SMILES string of the molecule is NC(Cc1cnc[nH]1)C(=O)N1CCCC1C(=O)NCC(=O)NCC(=O)O. The number of nitrogens with one attached hydrogen (secondary N) is 3. The maximum Gasteiger partial charge on any atom is 0.322 e. The molecular weight excluding hydrogens is 344 g/mol. The summed E-state index contributed by atoms with van der Waals surface area (Å²) in [6.45, 7) is -0.463. The highest BCUT2D eigenvalue weighted by atomic mass is 16.4. The van der Waals surface area contributed by atoms with Crippen LogP contribution in [0.2, 0.25) is 0 Å². The number of aliphatic carboxylic acids is 1. The molecule has 1 fully saturated rings. The van der Waals surface area contributed by atoms with Gasteiger partial charge in [0.05, 0.1) is 18.9 Å². The molecule has 1 aromatic rings. The normalized spacial score (nSPS) is 17.6. The van der Waals surface area contributed by atoms with Crippen LogP contribution in [0.1, 0.15) is 18.5 Å². The molecule has 0 radical (unpaired) electrons. The molecule has 0 saturated carbocycles. The molecule has 1 aromatic heterocycles. The van der Waals surface area contributed by atoms with Gasteiger partial charge in [0, 0.05) is 24.9 Å². The number of likely N-dealkylation sites (tertiary alicyclic amines) is 1. The number of imidazole rings is 1. The number of carbonyl (C=O) groups excluding carboxylic acids is 3. The zero-order valence-corrected chi connectivity index (χ0v) is 14.1. The number of carboxylic acids is 1. The molecule has 2 atom stereocenters. The van der Waals surface area contributed by atoms with Gasteiger partial charge in [0.25, 0.3) is 0 Å². The second-order valence-electron chi connectivity index (χ2n) is 5.97. The summed E-state index contributed by atoms with van der Waals surface area (Å²) in [7, 11) is 0. The summed E-state index contributed by atoms with van der Waals surface area (Å²) in [6.07, 6.45) is 4.49. The van der Waals surface area contributed by atoms with E-state index in [0.717, 1.165) is 5.69 Å². The molecule has 6 N–H and O–H groups in total. The molecule has 11 heteroatoms. The van der Waals surface area contributed by atoms with Crippen LogP contribution in [0, 0.1) is 0 Å². The van der Waals surface area contributed by atoms with E-state index in [-0.39, 0.29) is 18.9 Å². The summed E-state index contributed by atoms with van der Waals surface area (Å²) in [5, 5.41) is 13.1. The number of nitrogens with two attached hydrogens (primary N) is 1. The van der Waals surface area contributed by atoms with Crippen LogP contribution in [0.5, 0.6) is 0 Å². The lowest BCUT2D eigenvalue weighted by atomic mass is 10.1. The van der Waals surface area contributed by atoms with E-state index in [1.54, 1.807) is 6.20 Å². The van der Waals surface area contributed by atoms with Crippen LogP contribution in [0.4, 0.5) is 0 Å². The van der Waals surface area contributed by atoms with Gasteiger partial charge in [0.1, 0.15) is 12.6 Å². The second-order valence-corrected chi connectivity index (χ2v) is 5.97. The number of carbonyl (C=O) groups is 4. The second kappa shape index (κ2) is 8.94. The van der Waals surface area contributed by atoms with Crippen LogP contribution in [0.15, 0.2) is 12.5 Å². The number of hydrogen-bond donors (Lipinski definition) is 5. The van der Waals surface area contributed by atoms with Crippen LogP contribution < -0.4 is 16.4 Å². The molecule has 1 aliphatic heterocycles. The third kappa shape index (κ3) is 5.28. The van der Waals surface area contributed by atoms with E-state index in [9.17, 15) is 19.2 Å². The Hall–Kier alpha value is -2.95. The Labute approximate surface area is 149 Å². The van der Waals surface area contributed by atoms with Crippen LogP contribution in [0.25, 0.3) is 0 Å². The van der Waals surface area contributed by atoms with Gasteiger partial charge < -0.3 is 31.4 Å². The quantitative estimate of drug-likeness (QED) is 0.341. The standard InChI is InChI=1S/C15H22N6O5/c16-10(4-9-5-17-8-20-9)15(26)21-3-1-2-11(21)14(25)19-6-12(22)18-7-13(23)24/h5,8,10-11H,1-4,6-7,16H2,(H,17,20)(H,18,22)(H,19,25)(H,23,24). The molecule has 11 nitrogen and oxygen atoms in total. The fraction of sp³-hybridized carbons (Fsp3) is 0.533. The highest BCUT2D eigenvalue weighted by Crippen LogP contribution is 2.18. The number of carboxylic acid groups (broad SMARTS) is 1. The minimum atomic E-state index is -1.18. The van der Waals surface area contributed by atoms with Crippen LogP contribution >= 0.6 is 0 Å². The Bertz CT molecular complexity index is 661. The summed E-state index contributed by atoms with van der Waals surface area (Å²) < 4.78 is 0. The largest absolute Gasteiger partial charge is 0.480 e. The summed E-state index contributed by atoms with van der Waals surface area (Å²) in [5.74, 6) is -2.60. The van der Waals surface area contributed by atoms with Gasteiger partial charge in [-0.2, -0.15) is 0 Å². The number of aromatic nitrogens is 2. The van der Waals surface area contributed by atoms with Crippen molar-refractivity contribution in [2.75, 3.05) is 19.6 Å². The van der Waals surface area contributed by atoms with E-state index < -0.39 is 36.4 Å². The highest BCUT2D eigenvalue weighted by Gasteiger charge is 2.36. The van der Waals surface area contributed by atoms with Gasteiger partial charge in [-0.25, -0.2) is 4.98 Å². The Morgan fingerprint density at radius 3 is 2.77 bits per heavy atom. The molecule has 26 heavy (non-hydrogen) atoms. The van der Waals surface area contributed by atoms with E-state index in [1.807, 2.05) is 0 Å². The van der Waals surface area contributed by atoms with E-state index >= 15 is 0 Å². The number of nitrogens with zero attached hydrogens (tertiary/aromatic N) is 2. The molecule has 1 aliphatic rings. The Balaban J connectivity index is 1.85. The Morgan fingerprint density at radius 2 is 2.12 bits per heavy atom. The minimum Gasteiger partial charge on any atom is -0.480 e. The molecule has 0 aromatic carbocycles. The van der Waals surface area contributed by atoms with Crippen molar-refractivity contribution in [3.63, 3.8) is 0 Å². The van der Waals surface area contributed by atoms with E-state index in [4.69, 9.17) is 10.8 Å². The van der Waals surface area contributed by atoms with Gasteiger partial charge in [0.2, 0.25) is 17.7 Å². The average Bonchev–Trinajstić information content (AvgIpc) is 3.28. The lowest BCUT2D eigenvalue weighted by molar-refractivity contribution is -0.140. The van der Waals surface area contributed by atoms with Crippen molar-refractivity contribution in [2.24, 2.45) is 5.73 Å². The minimum absolute atomic E-state index is 0.279. The van der Waals surface area contributed by atoms with Crippen molar-refractivity contribution in [3.05, 3.63) is 18.2 Å². The summed E-state index contributed by atoms with van der Waals surface area (Å²) in [5.41, 5.74) is 6.67. The van der Waals surface area contributed by atoms with Crippen molar-refractivity contribution >= 4 is 23.7 Å². The first-order valence-corrected chi connectivity index (χ1v) is 8.18. The summed E-state index contributed by atoms with van der Waals surface area (Å²) in [4.78, 5) is 54.8. The van der Waals surface area contributed by atoms with Gasteiger partial charge in [-0.1, -0.05) is 0 Å². The van der Waals surface area contributed by atoms with Gasteiger partial charge in [-0.15, -0.1) is 0 Å². The Kier molecular flexibility index (Phi) is 6.67. The van der Waals surface area contributed by atoms with Crippen molar-refractivity contribution in [2.45, 2.75) is 31.3 Å². The lowest BCUT2D eigenvalue weighted by Crippen LogP contribution is -2.52. The maximum absolute atomic E-state index is 12.5. The van der Waals surface area contributed by atoms with Crippen molar-refractivity contribution < 1.29 is 24.3 Å². The molecule has 142 valence electrons. The molecule has 3 amide bonds. The first-order valence-electron chi connectivity index (χ1n) is 8.18. The topological polar surface area (TPSA) is 171 Å². The monoisotopic (exact) mass is 366 g/mol. The molecular formula is C15H22N6O5. The highest BCUT2D eigenvalue weighted by molar-refractivity contribution is 5.92. The molecule has 2 rings (SSSR count). The fourth-order valence-corrected chi connectivity index (χ4v) is 2.76. The van der Waals surface area contributed by atoms with Gasteiger partial charge in [-0.05, 0) is 12.8 Å². The molecule has 0 spiro atoms. The Morgan fingerprint density at radius 1 is 1.35 bits per heavy atom. The zero-order chi connectivity index (χ0) is 19.1. The number of H-pyrrole nitrogens is 1. The van der Waals surface area contributed by atoms with E-state index in [0.29, 0.717) is 19.4 Å². The van der Waals surface area contributed by atoms with Crippen LogP contribution in [0.3, 0.4) is 0 Å². The third-order valence-corrected chi connectivity index (χ3v) is 4.01. The third-order valence-electron chi connectivity index (χ3n) is 4.01. The fourth-order valence-electron chi connectivity index (χ4n) is 2.76. The number of hydrogen-bond acceptors (Lipinski definition) is 6. The smallest absolute Gasteiger partial charge is 0.322 e. The first-order chi connectivity index (χ1) is 12.4. The summed E-state index contributed by atoms with van der Waals surface area (Å²) >= 11 is 0. The van der Waals surface area contributed by atoms with Gasteiger partial charge >= 0.3 is 5.97 Å². The van der Waals surface area contributed by atoms with Crippen molar-refractivity contribution in [1.82, 2.24) is 25.5 Å². The molecule has 0 aliphatic carbocycles. The predicted octanol–water partition coefficient (Wildman–Crippen LogP) is -2.41. The molecule has 2 heterocycles.